The molecule has 0 atom stereocenters. The Morgan fingerprint density at radius 1 is 1.18 bits per heavy atom. The van der Waals surface area contributed by atoms with E-state index in [4.69, 9.17) is 4.98 Å². The largest absolute Gasteiger partial charge is 0.328 e. The molecule has 178 valence electrons. The lowest BCUT2D eigenvalue weighted by Gasteiger charge is -2.14. The second-order valence-corrected chi connectivity index (χ2v) is 8.50. The summed E-state index contributed by atoms with van der Waals surface area (Å²) in [5, 5.41) is 2.73. The summed E-state index contributed by atoms with van der Waals surface area (Å²) in [6, 6.07) is 4.94. The third-order valence-corrected chi connectivity index (χ3v) is 5.39. The van der Waals surface area contributed by atoms with Gasteiger partial charge in [-0.05, 0) is 56.9 Å². The Morgan fingerprint density at radius 3 is 2.55 bits per heavy atom. The number of nitrogens with zero attached hydrogens (tertiary/aromatic N) is 2. The summed E-state index contributed by atoms with van der Waals surface area (Å²) in [7, 11) is 0. The molecule has 0 unspecified atom stereocenters. The van der Waals surface area contributed by atoms with Gasteiger partial charge in [-0.2, -0.15) is 0 Å². The molecule has 2 aromatic rings. The lowest BCUT2D eigenvalue weighted by Crippen LogP contribution is -2.12. The number of anilines is 1. The Morgan fingerprint density at radius 2 is 1.91 bits per heavy atom. The van der Waals surface area contributed by atoms with E-state index in [0.29, 0.717) is 12.8 Å². The average molecular weight is 452 g/mol. The minimum absolute atomic E-state index is 0.180. The second kappa shape index (κ2) is 12.9. The van der Waals surface area contributed by atoms with Crippen molar-refractivity contribution in [1.82, 2.24) is 9.55 Å². The summed E-state index contributed by atoms with van der Waals surface area (Å²) in [5.74, 6) is 0.316. The fraction of sp³-hybridized carbons (Fsp3) is 0.429. The number of allylic oxidation sites excluding steroid dienone is 5. The summed E-state index contributed by atoms with van der Waals surface area (Å²) < 4.78 is 16.8. The first-order valence-corrected chi connectivity index (χ1v) is 12.0. The number of carbonyl (C=O) groups excluding carboxylic acids is 1. The van der Waals surface area contributed by atoms with Crippen molar-refractivity contribution in [3.8, 4) is 11.3 Å². The van der Waals surface area contributed by atoms with Gasteiger partial charge in [0.25, 0.3) is 0 Å². The van der Waals surface area contributed by atoms with Crippen LogP contribution in [-0.2, 0) is 11.3 Å². The van der Waals surface area contributed by atoms with Crippen LogP contribution in [0.4, 0.5) is 10.1 Å². The van der Waals surface area contributed by atoms with Gasteiger partial charge in [0.15, 0.2) is 0 Å². The number of amides is 1. The maximum Gasteiger partial charge on any atom is 0.224 e. The summed E-state index contributed by atoms with van der Waals surface area (Å²) >= 11 is 0. The van der Waals surface area contributed by atoms with E-state index in [1.807, 2.05) is 32.9 Å². The third kappa shape index (κ3) is 7.28. The molecule has 0 saturated heterocycles. The number of rotatable bonds is 12. The Hall–Kier alpha value is -2.95. The summed E-state index contributed by atoms with van der Waals surface area (Å²) in [5.41, 5.74) is 5.05. The monoisotopic (exact) mass is 451 g/mol. The van der Waals surface area contributed by atoms with E-state index in [2.05, 4.69) is 36.4 Å². The molecule has 1 amide bonds. The Balaban J connectivity index is 2.67. The van der Waals surface area contributed by atoms with Crippen LogP contribution in [0.25, 0.3) is 16.8 Å². The van der Waals surface area contributed by atoms with Crippen LogP contribution in [0.1, 0.15) is 77.7 Å². The van der Waals surface area contributed by atoms with Gasteiger partial charge < -0.3 is 9.88 Å². The van der Waals surface area contributed by atoms with Gasteiger partial charge in [-0.15, -0.1) is 0 Å². The van der Waals surface area contributed by atoms with Gasteiger partial charge in [0.1, 0.15) is 11.6 Å². The van der Waals surface area contributed by atoms with Crippen molar-refractivity contribution in [2.75, 3.05) is 5.32 Å². The fourth-order valence-corrected chi connectivity index (χ4v) is 3.76. The number of hydrogen-bond acceptors (Lipinski definition) is 2. The molecule has 33 heavy (non-hydrogen) atoms. The molecule has 0 aliphatic rings. The number of hydrogen-bond donors (Lipinski definition) is 1. The van der Waals surface area contributed by atoms with Crippen LogP contribution in [0.3, 0.4) is 0 Å². The van der Waals surface area contributed by atoms with E-state index in [1.165, 1.54) is 6.07 Å². The molecule has 5 heteroatoms. The topological polar surface area (TPSA) is 46.9 Å². The molecular formula is C28H38FN3O. The number of benzene rings is 1. The molecule has 0 bridgehead atoms. The van der Waals surface area contributed by atoms with Gasteiger partial charge in [-0.1, -0.05) is 64.0 Å². The molecule has 2 rings (SSSR count). The van der Waals surface area contributed by atoms with Crippen LogP contribution in [-0.4, -0.2) is 15.5 Å². The molecular weight excluding hydrogens is 413 g/mol. The van der Waals surface area contributed by atoms with Gasteiger partial charge >= 0.3 is 0 Å². The zero-order valence-corrected chi connectivity index (χ0v) is 20.8. The maximum absolute atomic E-state index is 14.6. The third-order valence-electron chi connectivity index (χ3n) is 5.39. The van der Waals surface area contributed by atoms with Crippen molar-refractivity contribution >= 4 is 17.2 Å². The number of imidazole rings is 1. The van der Waals surface area contributed by atoms with Crippen LogP contribution in [0.15, 0.2) is 48.6 Å². The minimum Gasteiger partial charge on any atom is -0.328 e. The maximum atomic E-state index is 14.6. The van der Waals surface area contributed by atoms with Crippen LogP contribution in [0, 0.1) is 12.7 Å². The van der Waals surface area contributed by atoms with Crippen molar-refractivity contribution < 1.29 is 9.18 Å². The Bertz CT molecular complexity index is 1030. The molecule has 1 N–H and O–H groups in total. The van der Waals surface area contributed by atoms with Crippen LogP contribution < -0.4 is 5.32 Å². The Kier molecular flexibility index (Phi) is 10.3. The summed E-state index contributed by atoms with van der Waals surface area (Å²) in [6.45, 7) is 15.0. The molecule has 0 aliphatic carbocycles. The minimum atomic E-state index is -0.435. The Labute approximate surface area is 198 Å². The fourth-order valence-electron chi connectivity index (χ4n) is 3.76. The molecule has 0 radical (unpaired) electrons. The smallest absolute Gasteiger partial charge is 0.224 e. The van der Waals surface area contributed by atoms with Crippen molar-refractivity contribution in [2.24, 2.45) is 0 Å². The highest BCUT2D eigenvalue weighted by molar-refractivity contribution is 5.92. The second-order valence-electron chi connectivity index (χ2n) is 8.50. The lowest BCUT2D eigenvalue weighted by atomic mass is 10.00. The lowest BCUT2D eigenvalue weighted by molar-refractivity contribution is -0.116. The predicted molar refractivity (Wildman–Crippen MR) is 138 cm³/mol. The average Bonchev–Trinajstić information content (AvgIpc) is 3.09. The van der Waals surface area contributed by atoms with Crippen molar-refractivity contribution in [3.05, 3.63) is 65.9 Å². The number of unbranched alkanes of at least 4 members (excludes halogenated alkanes) is 1. The number of carbonyl (C=O) groups is 1. The van der Waals surface area contributed by atoms with E-state index in [9.17, 15) is 9.18 Å². The molecule has 0 saturated carbocycles. The number of aryl methyl sites for hydroxylation is 1. The van der Waals surface area contributed by atoms with Crippen LogP contribution in [0.5, 0.6) is 0 Å². The van der Waals surface area contributed by atoms with Crippen molar-refractivity contribution in [2.45, 2.75) is 79.7 Å². The van der Waals surface area contributed by atoms with E-state index in [0.717, 1.165) is 66.1 Å². The molecule has 0 spiro atoms. The highest BCUT2D eigenvalue weighted by Crippen LogP contribution is 2.34. The molecule has 1 aromatic carbocycles. The number of nitrogens with one attached hydrogen (secondary N) is 1. The standard InChI is InChI=1S/C28H38FN3O/c1-7-10-18-32-21(6)30-27(22(12-8-2)15-11-14-20(4)5)28(32)23-16-17-24(29)25(19-23)31-26(33)13-9-3/h11,14-17,19H,4,7-10,12-13,18H2,1-3,5-6H3,(H,31,33)/b14-11-,22-15+. The SMILES string of the molecule is C=C(C)/C=C\C=C(/CCC)c1nc(C)n(CCCC)c1-c1ccc(F)c(NC(=O)CCC)c1. The van der Waals surface area contributed by atoms with Gasteiger partial charge in [0, 0.05) is 18.5 Å². The van der Waals surface area contributed by atoms with Crippen LogP contribution in [0.2, 0.25) is 0 Å². The quantitative estimate of drug-likeness (QED) is 0.334. The highest BCUT2D eigenvalue weighted by Gasteiger charge is 2.20. The van der Waals surface area contributed by atoms with Gasteiger partial charge in [-0.3, -0.25) is 4.79 Å². The first kappa shape index (κ1) is 26.3. The highest BCUT2D eigenvalue weighted by atomic mass is 19.1. The van der Waals surface area contributed by atoms with Crippen LogP contribution >= 0.6 is 0 Å². The van der Waals surface area contributed by atoms with Gasteiger partial charge in [0.2, 0.25) is 5.91 Å². The zero-order valence-electron chi connectivity index (χ0n) is 20.8. The molecule has 1 heterocycles. The number of halogens is 1. The van der Waals surface area contributed by atoms with Gasteiger partial charge in [-0.25, -0.2) is 9.37 Å². The van der Waals surface area contributed by atoms with Crippen molar-refractivity contribution in [3.63, 3.8) is 0 Å². The van der Waals surface area contributed by atoms with Crippen molar-refractivity contribution in [1.29, 1.82) is 0 Å². The molecule has 1 aromatic heterocycles. The zero-order chi connectivity index (χ0) is 24.4. The number of aromatic nitrogens is 2. The molecule has 0 fully saturated rings. The van der Waals surface area contributed by atoms with E-state index < -0.39 is 5.82 Å². The van der Waals surface area contributed by atoms with E-state index in [1.54, 1.807) is 12.1 Å². The summed E-state index contributed by atoms with van der Waals surface area (Å²) in [4.78, 5) is 17.1. The normalized spacial score (nSPS) is 11.9. The summed E-state index contributed by atoms with van der Waals surface area (Å²) in [6.07, 6.45) is 11.1. The first-order chi connectivity index (χ1) is 15.8. The molecule has 4 nitrogen and oxygen atoms in total. The predicted octanol–water partition coefficient (Wildman–Crippen LogP) is 7.85. The first-order valence-electron chi connectivity index (χ1n) is 12.0. The molecule has 0 aliphatic heterocycles. The van der Waals surface area contributed by atoms with E-state index >= 15 is 0 Å². The van der Waals surface area contributed by atoms with Gasteiger partial charge in [0.05, 0.1) is 17.1 Å². The van der Waals surface area contributed by atoms with E-state index in [-0.39, 0.29) is 11.6 Å².